The van der Waals surface area contributed by atoms with Crippen molar-refractivity contribution in [3.63, 3.8) is 0 Å². The molecule has 0 radical (unpaired) electrons. The molecule has 17 heavy (non-hydrogen) atoms. The molecule has 0 aromatic rings. The van der Waals surface area contributed by atoms with Crippen LogP contribution >= 0.6 is 0 Å². The first kappa shape index (κ1) is 12.0. The maximum absolute atomic E-state index is 3.86. The molecule has 3 rings (SSSR count). The summed E-state index contributed by atoms with van der Waals surface area (Å²) in [6.07, 6.45) is 8.94. The Morgan fingerprint density at radius 1 is 1.06 bits per heavy atom. The molecule has 0 heterocycles. The molecule has 0 spiro atoms. The summed E-state index contributed by atoms with van der Waals surface area (Å²) in [4.78, 5) is 2.64. The third kappa shape index (κ3) is 3.69. The Morgan fingerprint density at radius 2 is 1.71 bits per heavy atom. The summed E-state index contributed by atoms with van der Waals surface area (Å²) in [6, 6.07) is 0.884. The first-order valence-electron chi connectivity index (χ1n) is 7.82. The van der Waals surface area contributed by atoms with Crippen LogP contribution < -0.4 is 5.32 Å². The fourth-order valence-electron chi connectivity index (χ4n) is 3.06. The minimum Gasteiger partial charge on any atom is -0.312 e. The number of hydrogen-bond donors (Lipinski definition) is 1. The first-order valence-corrected chi connectivity index (χ1v) is 7.82. The van der Waals surface area contributed by atoms with E-state index < -0.39 is 0 Å². The van der Waals surface area contributed by atoms with Crippen LogP contribution in [0, 0.1) is 17.8 Å². The molecule has 0 unspecified atom stereocenters. The number of rotatable bonds is 9. The normalized spacial score (nSPS) is 24.9. The lowest BCUT2D eigenvalue weighted by atomic mass is 10.1. The number of nitrogens with zero attached hydrogens (tertiary/aromatic N) is 1. The van der Waals surface area contributed by atoms with E-state index in [0.29, 0.717) is 0 Å². The van der Waals surface area contributed by atoms with E-state index in [4.69, 9.17) is 0 Å². The van der Waals surface area contributed by atoms with Crippen molar-refractivity contribution in [1.82, 2.24) is 10.2 Å². The van der Waals surface area contributed by atoms with Gasteiger partial charge in [0.25, 0.3) is 0 Å². The van der Waals surface area contributed by atoms with Gasteiger partial charge < -0.3 is 10.2 Å². The lowest BCUT2D eigenvalue weighted by Crippen LogP contribution is -2.40. The molecule has 0 atom stereocenters. The third-order valence-electron chi connectivity index (χ3n) is 4.73. The van der Waals surface area contributed by atoms with Crippen LogP contribution in [0.3, 0.4) is 0 Å². The van der Waals surface area contributed by atoms with Gasteiger partial charge in [0.15, 0.2) is 0 Å². The summed E-state index contributed by atoms with van der Waals surface area (Å²) < 4.78 is 0. The van der Waals surface area contributed by atoms with Crippen LogP contribution in [0.4, 0.5) is 0 Å². The van der Waals surface area contributed by atoms with Crippen LogP contribution in [-0.2, 0) is 0 Å². The molecule has 98 valence electrons. The maximum Gasteiger partial charge on any atom is 0.0124 e. The van der Waals surface area contributed by atoms with Crippen molar-refractivity contribution >= 4 is 0 Å². The standard InChI is InChI=1S/C15H28N2/c1-2-17(11-12-3-4-12)10-9-16-15(13-5-6-13)14-7-8-14/h12-16H,2-11H2,1H3. The predicted molar refractivity (Wildman–Crippen MR) is 72.1 cm³/mol. The molecule has 2 heteroatoms. The van der Waals surface area contributed by atoms with Crippen molar-refractivity contribution < 1.29 is 0 Å². The molecule has 0 saturated heterocycles. The Labute approximate surface area is 106 Å². The van der Waals surface area contributed by atoms with Gasteiger partial charge in [-0.25, -0.2) is 0 Å². The number of hydrogen-bond acceptors (Lipinski definition) is 2. The molecule has 3 fully saturated rings. The topological polar surface area (TPSA) is 15.3 Å². The second-order valence-corrected chi connectivity index (χ2v) is 6.49. The lowest BCUT2D eigenvalue weighted by molar-refractivity contribution is 0.265. The van der Waals surface area contributed by atoms with Crippen LogP contribution in [0.2, 0.25) is 0 Å². The second-order valence-electron chi connectivity index (χ2n) is 6.49. The van der Waals surface area contributed by atoms with Gasteiger partial charge >= 0.3 is 0 Å². The van der Waals surface area contributed by atoms with Gasteiger partial charge in [-0.2, -0.15) is 0 Å². The molecule has 3 saturated carbocycles. The van der Waals surface area contributed by atoms with Gasteiger partial charge in [-0.1, -0.05) is 6.92 Å². The van der Waals surface area contributed by atoms with Crippen LogP contribution in [0.1, 0.15) is 45.4 Å². The van der Waals surface area contributed by atoms with Crippen molar-refractivity contribution in [2.75, 3.05) is 26.2 Å². The van der Waals surface area contributed by atoms with Crippen molar-refractivity contribution in [1.29, 1.82) is 0 Å². The fourth-order valence-corrected chi connectivity index (χ4v) is 3.06. The minimum absolute atomic E-state index is 0.884. The van der Waals surface area contributed by atoms with Gasteiger partial charge in [0, 0.05) is 25.7 Å². The van der Waals surface area contributed by atoms with E-state index in [9.17, 15) is 0 Å². The summed E-state index contributed by atoms with van der Waals surface area (Å²) >= 11 is 0. The highest BCUT2D eigenvalue weighted by Crippen LogP contribution is 2.44. The van der Waals surface area contributed by atoms with Crippen LogP contribution in [-0.4, -0.2) is 37.1 Å². The smallest absolute Gasteiger partial charge is 0.0124 e. The van der Waals surface area contributed by atoms with Crippen molar-refractivity contribution in [3.05, 3.63) is 0 Å². The van der Waals surface area contributed by atoms with Gasteiger partial charge in [0.1, 0.15) is 0 Å². The van der Waals surface area contributed by atoms with Gasteiger partial charge in [0.05, 0.1) is 0 Å². The molecule has 0 aromatic carbocycles. The molecule has 3 aliphatic carbocycles. The average molecular weight is 236 g/mol. The Kier molecular flexibility index (Phi) is 3.72. The molecular weight excluding hydrogens is 208 g/mol. The van der Waals surface area contributed by atoms with E-state index in [1.807, 2.05) is 0 Å². The zero-order valence-corrected chi connectivity index (χ0v) is 11.3. The molecule has 0 bridgehead atoms. The van der Waals surface area contributed by atoms with Crippen LogP contribution in [0.5, 0.6) is 0 Å². The SMILES string of the molecule is CCN(CCNC(C1CC1)C1CC1)CC1CC1. The molecule has 3 aliphatic rings. The fraction of sp³-hybridized carbons (Fsp3) is 1.00. The summed E-state index contributed by atoms with van der Waals surface area (Å²) in [5, 5.41) is 3.86. The molecule has 2 nitrogen and oxygen atoms in total. The van der Waals surface area contributed by atoms with Gasteiger partial charge in [-0.05, 0) is 62.8 Å². The van der Waals surface area contributed by atoms with Gasteiger partial charge in [-0.15, -0.1) is 0 Å². The highest BCUT2D eigenvalue weighted by atomic mass is 15.1. The second kappa shape index (κ2) is 5.27. The summed E-state index contributed by atoms with van der Waals surface area (Å²) in [7, 11) is 0. The van der Waals surface area contributed by atoms with E-state index in [1.54, 1.807) is 0 Å². The zero-order chi connectivity index (χ0) is 11.7. The summed E-state index contributed by atoms with van der Waals surface area (Å²) in [5.41, 5.74) is 0. The largest absolute Gasteiger partial charge is 0.312 e. The van der Waals surface area contributed by atoms with E-state index in [2.05, 4.69) is 17.1 Å². The van der Waals surface area contributed by atoms with E-state index in [0.717, 1.165) is 23.8 Å². The number of likely N-dealkylation sites (N-methyl/N-ethyl adjacent to an activating group) is 1. The van der Waals surface area contributed by atoms with E-state index >= 15 is 0 Å². The van der Waals surface area contributed by atoms with Crippen LogP contribution in [0.15, 0.2) is 0 Å². The maximum atomic E-state index is 3.86. The minimum atomic E-state index is 0.884. The zero-order valence-electron chi connectivity index (χ0n) is 11.3. The molecule has 0 aromatic heterocycles. The molecular formula is C15H28N2. The molecule has 0 aliphatic heterocycles. The Morgan fingerprint density at radius 3 is 2.18 bits per heavy atom. The summed E-state index contributed by atoms with van der Waals surface area (Å²) in [5.74, 6) is 3.12. The highest BCUT2D eigenvalue weighted by Gasteiger charge is 2.40. The monoisotopic (exact) mass is 236 g/mol. The van der Waals surface area contributed by atoms with Crippen LogP contribution in [0.25, 0.3) is 0 Å². The Hall–Kier alpha value is -0.0800. The highest BCUT2D eigenvalue weighted by molar-refractivity contribution is 4.96. The first-order chi connectivity index (χ1) is 8.36. The Bertz CT molecular complexity index is 229. The number of nitrogens with one attached hydrogen (secondary N) is 1. The average Bonchev–Trinajstić information content (AvgIpc) is 3.13. The molecule has 0 amide bonds. The third-order valence-corrected chi connectivity index (χ3v) is 4.73. The van der Waals surface area contributed by atoms with E-state index in [-0.39, 0.29) is 0 Å². The Balaban J connectivity index is 1.34. The van der Waals surface area contributed by atoms with E-state index in [1.165, 1.54) is 64.7 Å². The van der Waals surface area contributed by atoms with Gasteiger partial charge in [0.2, 0.25) is 0 Å². The molecule has 1 N–H and O–H groups in total. The predicted octanol–water partition coefficient (Wildman–Crippen LogP) is 2.50. The summed E-state index contributed by atoms with van der Waals surface area (Å²) in [6.45, 7) is 7.38. The van der Waals surface area contributed by atoms with Crippen molar-refractivity contribution in [2.24, 2.45) is 17.8 Å². The van der Waals surface area contributed by atoms with Crippen molar-refractivity contribution in [2.45, 2.75) is 51.5 Å². The van der Waals surface area contributed by atoms with Gasteiger partial charge in [-0.3, -0.25) is 0 Å². The quantitative estimate of drug-likeness (QED) is 0.662. The lowest BCUT2D eigenvalue weighted by Gasteiger charge is -2.23. The van der Waals surface area contributed by atoms with Crippen molar-refractivity contribution in [3.8, 4) is 0 Å².